The van der Waals surface area contributed by atoms with Gasteiger partial charge < -0.3 is 14.4 Å². The molecular weight excluding hydrogens is 380 g/mol. The second-order valence-electron chi connectivity index (χ2n) is 7.19. The fourth-order valence-electron chi connectivity index (χ4n) is 3.11. The molecule has 0 saturated heterocycles. The van der Waals surface area contributed by atoms with Gasteiger partial charge in [0.25, 0.3) is 0 Å². The molecule has 1 unspecified atom stereocenters. The number of hydrogen-bond donors (Lipinski definition) is 1. The van der Waals surface area contributed by atoms with E-state index in [9.17, 15) is 9.90 Å². The molecule has 0 fully saturated rings. The van der Waals surface area contributed by atoms with E-state index in [1.165, 1.54) is 5.56 Å². The van der Waals surface area contributed by atoms with Gasteiger partial charge in [-0.2, -0.15) is 0 Å². The summed E-state index contributed by atoms with van der Waals surface area (Å²) in [4.78, 5) is 21.1. The number of aromatic nitrogens is 1. The zero-order valence-corrected chi connectivity index (χ0v) is 17.5. The van der Waals surface area contributed by atoms with Crippen LogP contribution in [0.25, 0.3) is 11.5 Å². The molecule has 156 valence electrons. The van der Waals surface area contributed by atoms with Gasteiger partial charge in [0.2, 0.25) is 5.89 Å². The molecule has 0 amide bonds. The smallest absolute Gasteiger partial charge is 0.310 e. The van der Waals surface area contributed by atoms with Crippen molar-refractivity contribution in [3.8, 4) is 11.5 Å². The minimum absolute atomic E-state index is 0.230. The van der Waals surface area contributed by atoms with Crippen LogP contribution in [0.5, 0.6) is 0 Å². The van der Waals surface area contributed by atoms with Gasteiger partial charge in [-0.05, 0) is 43.5 Å². The molecule has 6 nitrogen and oxygen atoms in total. The maximum Gasteiger partial charge on any atom is 0.310 e. The van der Waals surface area contributed by atoms with E-state index >= 15 is 0 Å². The summed E-state index contributed by atoms with van der Waals surface area (Å²) in [7, 11) is 0. The third-order valence-corrected chi connectivity index (χ3v) is 4.96. The van der Waals surface area contributed by atoms with Crippen LogP contribution >= 0.6 is 0 Å². The monoisotopic (exact) mass is 406 g/mol. The van der Waals surface area contributed by atoms with Crippen molar-refractivity contribution in [2.75, 3.05) is 0 Å². The third-order valence-electron chi connectivity index (χ3n) is 4.96. The van der Waals surface area contributed by atoms with Crippen molar-refractivity contribution >= 4 is 12.2 Å². The van der Waals surface area contributed by atoms with Crippen LogP contribution in [0.3, 0.4) is 0 Å². The quantitative estimate of drug-likeness (QED) is 0.386. The summed E-state index contributed by atoms with van der Waals surface area (Å²) in [5, 5.41) is 13.2. The van der Waals surface area contributed by atoms with Gasteiger partial charge in [0.15, 0.2) is 6.61 Å². The number of hydrogen-bond acceptors (Lipinski definition) is 5. The largest absolute Gasteiger partial charge is 0.481 e. The number of oxime groups is 1. The summed E-state index contributed by atoms with van der Waals surface area (Å²) in [6, 6.07) is 15.6. The SMILES string of the molecule is CCC(C(=O)O)c1ccc(CC=NOCc2nc(-c3ccc(C)cc3)oc2C)cc1. The highest BCUT2D eigenvalue weighted by Gasteiger charge is 2.17. The number of aliphatic carboxylic acids is 1. The van der Waals surface area contributed by atoms with Crippen LogP contribution < -0.4 is 0 Å². The average molecular weight is 406 g/mol. The topological polar surface area (TPSA) is 84.9 Å². The Hall–Kier alpha value is -3.41. The van der Waals surface area contributed by atoms with Crippen molar-refractivity contribution in [3.05, 3.63) is 76.7 Å². The third kappa shape index (κ3) is 5.35. The first-order valence-electron chi connectivity index (χ1n) is 9.96. The van der Waals surface area contributed by atoms with E-state index in [4.69, 9.17) is 9.25 Å². The number of benzene rings is 2. The first-order valence-corrected chi connectivity index (χ1v) is 9.96. The fraction of sp³-hybridized carbons (Fsp3) is 0.292. The second kappa shape index (κ2) is 9.87. The highest BCUT2D eigenvalue weighted by atomic mass is 16.6. The Bertz CT molecular complexity index is 1000. The molecule has 0 aliphatic rings. The zero-order valence-electron chi connectivity index (χ0n) is 17.5. The van der Waals surface area contributed by atoms with E-state index in [1.807, 2.05) is 69.3 Å². The van der Waals surface area contributed by atoms with Gasteiger partial charge in [-0.1, -0.05) is 54.0 Å². The molecule has 0 aliphatic heterocycles. The summed E-state index contributed by atoms with van der Waals surface area (Å²) < 4.78 is 5.74. The molecule has 1 aromatic heterocycles. The lowest BCUT2D eigenvalue weighted by Crippen LogP contribution is -2.10. The van der Waals surface area contributed by atoms with Gasteiger partial charge in [0.05, 0.1) is 5.92 Å². The van der Waals surface area contributed by atoms with Crippen LogP contribution in [0.15, 0.2) is 58.1 Å². The van der Waals surface area contributed by atoms with Crippen LogP contribution in [0, 0.1) is 13.8 Å². The van der Waals surface area contributed by atoms with E-state index in [0.29, 0.717) is 30.2 Å². The highest BCUT2D eigenvalue weighted by molar-refractivity contribution is 5.76. The summed E-state index contributed by atoms with van der Waals surface area (Å²) in [5.74, 6) is 0.0163. The van der Waals surface area contributed by atoms with Gasteiger partial charge in [-0.25, -0.2) is 4.98 Å². The van der Waals surface area contributed by atoms with Crippen molar-refractivity contribution in [3.63, 3.8) is 0 Å². The Morgan fingerprint density at radius 3 is 2.50 bits per heavy atom. The molecule has 0 aliphatic carbocycles. The molecule has 3 aromatic rings. The number of rotatable bonds is 9. The zero-order chi connectivity index (χ0) is 21.5. The van der Waals surface area contributed by atoms with E-state index in [1.54, 1.807) is 6.21 Å². The number of oxazole rings is 1. The van der Waals surface area contributed by atoms with E-state index in [0.717, 1.165) is 16.7 Å². The van der Waals surface area contributed by atoms with Crippen molar-refractivity contribution in [2.24, 2.45) is 5.16 Å². The van der Waals surface area contributed by atoms with E-state index < -0.39 is 11.9 Å². The fourth-order valence-corrected chi connectivity index (χ4v) is 3.11. The standard InChI is InChI=1S/C24H26N2O4/c1-4-21(24(27)28)19-11-7-18(8-12-19)13-14-25-29-15-22-17(3)30-23(26-22)20-9-5-16(2)6-10-20/h5-12,14,21H,4,13,15H2,1-3H3,(H,27,28). The highest BCUT2D eigenvalue weighted by Crippen LogP contribution is 2.23. The summed E-state index contributed by atoms with van der Waals surface area (Å²) in [6.45, 7) is 5.99. The Labute approximate surface area is 176 Å². The van der Waals surface area contributed by atoms with Crippen molar-refractivity contribution in [2.45, 2.75) is 46.1 Å². The Morgan fingerprint density at radius 1 is 1.17 bits per heavy atom. The molecule has 30 heavy (non-hydrogen) atoms. The normalized spacial score (nSPS) is 12.2. The molecule has 1 N–H and O–H groups in total. The molecule has 0 bridgehead atoms. The maximum absolute atomic E-state index is 11.2. The second-order valence-corrected chi connectivity index (χ2v) is 7.19. The van der Waals surface area contributed by atoms with E-state index in [2.05, 4.69) is 10.1 Å². The minimum atomic E-state index is -0.797. The van der Waals surface area contributed by atoms with Gasteiger partial charge >= 0.3 is 5.97 Å². The first kappa shape index (κ1) is 21.3. The van der Waals surface area contributed by atoms with Crippen LogP contribution in [0.2, 0.25) is 0 Å². The number of aryl methyl sites for hydroxylation is 2. The Balaban J connectivity index is 1.52. The molecule has 1 heterocycles. The molecule has 2 aromatic carbocycles. The number of carboxylic acids is 1. The molecule has 6 heteroatoms. The number of nitrogens with zero attached hydrogens (tertiary/aromatic N) is 2. The van der Waals surface area contributed by atoms with Gasteiger partial charge in [0.1, 0.15) is 11.5 Å². The summed E-state index contributed by atoms with van der Waals surface area (Å²) in [6.07, 6.45) is 2.84. The van der Waals surface area contributed by atoms with Crippen molar-refractivity contribution < 1.29 is 19.2 Å². The van der Waals surface area contributed by atoms with Gasteiger partial charge in [-0.15, -0.1) is 0 Å². The molecule has 1 atom stereocenters. The predicted octanol–water partition coefficient (Wildman–Crippen LogP) is 5.28. The summed E-state index contributed by atoms with van der Waals surface area (Å²) >= 11 is 0. The maximum atomic E-state index is 11.2. The Kier molecular flexibility index (Phi) is 7.01. The van der Waals surface area contributed by atoms with Crippen molar-refractivity contribution in [1.82, 2.24) is 4.98 Å². The average Bonchev–Trinajstić information content (AvgIpc) is 3.10. The molecular formula is C24H26N2O4. The van der Waals surface area contributed by atoms with Crippen molar-refractivity contribution in [1.29, 1.82) is 0 Å². The van der Waals surface area contributed by atoms with Crippen LogP contribution in [0.4, 0.5) is 0 Å². The lowest BCUT2D eigenvalue weighted by Gasteiger charge is -2.10. The number of carboxylic acid groups (broad SMARTS) is 1. The van der Waals surface area contributed by atoms with Gasteiger partial charge in [-0.3, -0.25) is 4.79 Å². The van der Waals surface area contributed by atoms with Crippen LogP contribution in [-0.2, 0) is 22.7 Å². The predicted molar refractivity (Wildman–Crippen MR) is 116 cm³/mol. The van der Waals surface area contributed by atoms with Crippen LogP contribution in [0.1, 0.15) is 47.4 Å². The lowest BCUT2D eigenvalue weighted by molar-refractivity contribution is -0.138. The minimum Gasteiger partial charge on any atom is -0.481 e. The molecule has 3 rings (SSSR count). The van der Waals surface area contributed by atoms with Gasteiger partial charge in [0, 0.05) is 18.2 Å². The summed E-state index contributed by atoms with van der Waals surface area (Å²) in [5.41, 5.74) is 4.67. The molecule has 0 saturated carbocycles. The lowest BCUT2D eigenvalue weighted by atomic mass is 9.95. The Morgan fingerprint density at radius 2 is 1.87 bits per heavy atom. The van der Waals surface area contributed by atoms with E-state index in [-0.39, 0.29) is 6.61 Å². The van der Waals surface area contributed by atoms with Crippen LogP contribution in [-0.4, -0.2) is 22.3 Å². The first-order chi connectivity index (χ1) is 14.5. The molecule has 0 spiro atoms. The number of carbonyl (C=O) groups is 1. The molecule has 0 radical (unpaired) electrons.